The molecule has 29 heavy (non-hydrogen) atoms. The van der Waals surface area contributed by atoms with Crippen LogP contribution in [-0.2, 0) is 23.9 Å². The van der Waals surface area contributed by atoms with Crippen LogP contribution < -0.4 is 10.6 Å². The number of ether oxygens (including phenoxy) is 2. The summed E-state index contributed by atoms with van der Waals surface area (Å²) in [5.74, 6) is -2.36. The molecule has 0 unspecified atom stereocenters. The first-order valence-corrected chi connectivity index (χ1v) is 9.02. The number of nitrogens with zero attached hydrogens (tertiary/aromatic N) is 1. The fraction of sp³-hybridized carbons (Fsp3) is 0.421. The van der Waals surface area contributed by atoms with Crippen LogP contribution in [0.2, 0.25) is 0 Å². The number of urea groups is 1. The predicted octanol–water partition coefficient (Wildman–Crippen LogP) is 0.675. The van der Waals surface area contributed by atoms with E-state index in [1.807, 2.05) is 0 Å². The van der Waals surface area contributed by atoms with Crippen molar-refractivity contribution in [1.29, 1.82) is 0 Å². The molecule has 1 aliphatic heterocycles. The fourth-order valence-electron chi connectivity index (χ4n) is 3.12. The number of carbonyl (C=O) groups excluding carboxylic acids is 5. The largest absolute Gasteiger partial charge is 0.465 e. The molecule has 0 radical (unpaired) electrons. The summed E-state index contributed by atoms with van der Waals surface area (Å²) in [7, 11) is 1.26. The Bertz CT molecular complexity index is 863. The third-order valence-corrected chi connectivity index (χ3v) is 4.94. The second-order valence-corrected chi connectivity index (χ2v) is 7.08. The van der Waals surface area contributed by atoms with Crippen molar-refractivity contribution in [2.75, 3.05) is 25.6 Å². The highest BCUT2D eigenvalue weighted by Crippen LogP contribution is 2.42. The number of carbonyl (C=O) groups is 5. The van der Waals surface area contributed by atoms with Crippen LogP contribution in [-0.4, -0.2) is 60.5 Å². The zero-order valence-electron chi connectivity index (χ0n) is 16.0. The quantitative estimate of drug-likeness (QED) is 0.505. The zero-order chi connectivity index (χ0) is 21.2. The lowest BCUT2D eigenvalue weighted by molar-refractivity contribution is -0.150. The third kappa shape index (κ3) is 4.36. The predicted molar refractivity (Wildman–Crippen MR) is 98.7 cm³/mol. The van der Waals surface area contributed by atoms with Crippen molar-refractivity contribution in [3.8, 4) is 0 Å². The van der Waals surface area contributed by atoms with Gasteiger partial charge in [-0.15, -0.1) is 0 Å². The molecule has 154 valence electrons. The molecule has 1 aliphatic carbocycles. The smallest absolute Gasteiger partial charge is 0.337 e. The number of benzene rings is 1. The first kappa shape index (κ1) is 20.3. The summed E-state index contributed by atoms with van der Waals surface area (Å²) in [4.78, 5) is 60.5. The molecular weight excluding hydrogens is 382 g/mol. The lowest BCUT2D eigenvalue weighted by Gasteiger charge is -2.20. The number of methoxy groups -OCH3 is 1. The summed E-state index contributed by atoms with van der Waals surface area (Å²) >= 11 is 0. The van der Waals surface area contributed by atoms with Gasteiger partial charge in [0.1, 0.15) is 12.1 Å². The van der Waals surface area contributed by atoms with Crippen LogP contribution >= 0.6 is 0 Å². The molecule has 0 spiro atoms. The second kappa shape index (κ2) is 7.90. The Kier molecular flexibility index (Phi) is 5.53. The summed E-state index contributed by atoms with van der Waals surface area (Å²) in [6.07, 6.45) is 1.70. The second-order valence-electron chi connectivity index (χ2n) is 7.08. The van der Waals surface area contributed by atoms with Crippen LogP contribution in [0.3, 0.4) is 0 Å². The van der Waals surface area contributed by atoms with E-state index in [9.17, 15) is 24.0 Å². The van der Waals surface area contributed by atoms with E-state index in [0.29, 0.717) is 11.3 Å². The zero-order valence-corrected chi connectivity index (χ0v) is 16.0. The van der Waals surface area contributed by atoms with Crippen LogP contribution in [0.25, 0.3) is 0 Å². The SMILES string of the molecule is COC(=O)c1ccc(NC(=O)COC(=O)CN2C(=O)N[C@@](C)(C3CC3)C2=O)cc1. The molecule has 1 saturated heterocycles. The van der Waals surface area contributed by atoms with E-state index in [1.165, 1.54) is 31.4 Å². The molecule has 2 N–H and O–H groups in total. The first-order chi connectivity index (χ1) is 13.7. The van der Waals surface area contributed by atoms with E-state index in [2.05, 4.69) is 15.4 Å². The molecule has 1 aromatic rings. The van der Waals surface area contributed by atoms with Crippen molar-refractivity contribution in [1.82, 2.24) is 10.2 Å². The average Bonchev–Trinajstić information content (AvgIpc) is 3.52. The molecular formula is C19H21N3O7. The lowest BCUT2D eigenvalue weighted by Crippen LogP contribution is -2.46. The fourth-order valence-corrected chi connectivity index (χ4v) is 3.12. The number of imide groups is 1. The molecule has 2 aliphatic rings. The van der Waals surface area contributed by atoms with E-state index in [-0.39, 0.29) is 5.92 Å². The van der Waals surface area contributed by atoms with Crippen molar-refractivity contribution in [3.63, 3.8) is 0 Å². The molecule has 1 atom stereocenters. The van der Waals surface area contributed by atoms with Crippen LogP contribution in [0.5, 0.6) is 0 Å². The van der Waals surface area contributed by atoms with Crippen molar-refractivity contribution < 1.29 is 33.4 Å². The Hall–Kier alpha value is -3.43. The van der Waals surface area contributed by atoms with Gasteiger partial charge in [0.05, 0.1) is 12.7 Å². The summed E-state index contributed by atoms with van der Waals surface area (Å²) in [5.41, 5.74) is -0.262. The Morgan fingerprint density at radius 1 is 1.21 bits per heavy atom. The Labute approximate surface area is 166 Å². The van der Waals surface area contributed by atoms with Gasteiger partial charge in [-0.05, 0) is 49.9 Å². The van der Waals surface area contributed by atoms with E-state index in [4.69, 9.17) is 4.74 Å². The van der Waals surface area contributed by atoms with Crippen molar-refractivity contribution in [2.24, 2.45) is 5.92 Å². The summed E-state index contributed by atoms with van der Waals surface area (Å²) < 4.78 is 9.44. The minimum atomic E-state index is -0.981. The molecule has 0 aromatic heterocycles. The van der Waals surface area contributed by atoms with Crippen LogP contribution in [0.1, 0.15) is 30.1 Å². The monoisotopic (exact) mass is 403 g/mol. The standard InChI is InChI=1S/C19H21N3O7/c1-19(12-5-6-12)17(26)22(18(27)21-19)9-15(24)29-10-14(23)20-13-7-3-11(4-8-13)16(25)28-2/h3-4,7-8,12H,5-6,9-10H2,1-2H3,(H,20,23)(H,21,27)/t19-/m0/s1. The number of hydrogen-bond donors (Lipinski definition) is 2. The highest BCUT2D eigenvalue weighted by molar-refractivity contribution is 6.09. The van der Waals surface area contributed by atoms with Crippen molar-refractivity contribution in [3.05, 3.63) is 29.8 Å². The maximum absolute atomic E-state index is 12.5. The van der Waals surface area contributed by atoms with Gasteiger partial charge in [-0.2, -0.15) is 0 Å². The van der Waals surface area contributed by atoms with Gasteiger partial charge in [0.25, 0.3) is 11.8 Å². The summed E-state index contributed by atoms with van der Waals surface area (Å²) in [6, 6.07) is 5.30. The molecule has 0 bridgehead atoms. The molecule has 10 nitrogen and oxygen atoms in total. The summed E-state index contributed by atoms with van der Waals surface area (Å²) in [5, 5.41) is 5.13. The molecule has 1 aromatic carbocycles. The van der Waals surface area contributed by atoms with Gasteiger partial charge in [-0.1, -0.05) is 0 Å². The van der Waals surface area contributed by atoms with Crippen LogP contribution in [0.15, 0.2) is 24.3 Å². The first-order valence-electron chi connectivity index (χ1n) is 9.02. The van der Waals surface area contributed by atoms with Gasteiger partial charge in [0.2, 0.25) is 0 Å². The van der Waals surface area contributed by atoms with E-state index < -0.39 is 48.5 Å². The van der Waals surface area contributed by atoms with Crippen molar-refractivity contribution >= 4 is 35.5 Å². The number of esters is 2. The van der Waals surface area contributed by atoms with Crippen LogP contribution in [0, 0.1) is 5.92 Å². The van der Waals surface area contributed by atoms with Crippen molar-refractivity contribution in [2.45, 2.75) is 25.3 Å². The van der Waals surface area contributed by atoms with E-state index >= 15 is 0 Å². The average molecular weight is 403 g/mol. The highest BCUT2D eigenvalue weighted by Gasteiger charge is 2.56. The van der Waals surface area contributed by atoms with Gasteiger partial charge < -0.3 is 20.1 Å². The Balaban J connectivity index is 1.47. The number of hydrogen-bond acceptors (Lipinski definition) is 7. The topological polar surface area (TPSA) is 131 Å². The molecule has 2 fully saturated rings. The minimum absolute atomic E-state index is 0.0799. The number of anilines is 1. The van der Waals surface area contributed by atoms with E-state index in [0.717, 1.165) is 17.7 Å². The Morgan fingerprint density at radius 2 is 1.86 bits per heavy atom. The lowest BCUT2D eigenvalue weighted by atomic mass is 9.96. The van der Waals surface area contributed by atoms with Gasteiger partial charge in [0, 0.05) is 5.69 Å². The molecule has 3 rings (SSSR count). The maximum atomic E-state index is 12.5. The van der Waals surface area contributed by atoms with Gasteiger partial charge in [-0.25, -0.2) is 9.59 Å². The molecule has 4 amide bonds. The normalized spacial score (nSPS) is 20.8. The third-order valence-electron chi connectivity index (χ3n) is 4.94. The van der Waals surface area contributed by atoms with Gasteiger partial charge in [0.15, 0.2) is 6.61 Å². The molecule has 1 saturated carbocycles. The maximum Gasteiger partial charge on any atom is 0.337 e. The number of nitrogens with one attached hydrogen (secondary N) is 2. The minimum Gasteiger partial charge on any atom is -0.465 e. The Morgan fingerprint density at radius 3 is 2.45 bits per heavy atom. The number of amides is 4. The molecule has 1 heterocycles. The summed E-state index contributed by atoms with van der Waals surface area (Å²) in [6.45, 7) is 0.504. The number of rotatable bonds is 7. The molecule has 10 heteroatoms. The van der Waals surface area contributed by atoms with E-state index in [1.54, 1.807) is 6.92 Å². The van der Waals surface area contributed by atoms with Gasteiger partial charge >= 0.3 is 18.0 Å². The highest BCUT2D eigenvalue weighted by atomic mass is 16.5. The van der Waals surface area contributed by atoms with Gasteiger partial charge in [-0.3, -0.25) is 19.3 Å². The van der Waals surface area contributed by atoms with Crippen LogP contribution in [0.4, 0.5) is 10.5 Å².